The van der Waals surface area contributed by atoms with Gasteiger partial charge in [-0.2, -0.15) is 0 Å². The largest absolute Gasteiger partial charge is 0.465 e. The molecule has 12 heteroatoms. The van der Waals surface area contributed by atoms with Gasteiger partial charge in [0.05, 0.1) is 25.4 Å². The Morgan fingerprint density at radius 1 is 1.05 bits per heavy atom. The standard InChI is InChI=1S/C27H32N4O6S2/c1-3-35-24(33)14-29-26(34)28-13-18-4-10-21(11-5-18)25-36-22(16-38-27-31-30-17(2)39-27)12-23(37-25)20-8-6-19(15-32)7-9-20/h4-11,22-23,25,32H,3,12-16H2,1-2H3,(H2,28,29,34)/t22-,23+,25+/m1/s1. The fourth-order valence-electron chi connectivity index (χ4n) is 3.93. The van der Waals surface area contributed by atoms with Crippen molar-refractivity contribution < 1.29 is 28.9 Å². The maximum atomic E-state index is 12.0. The molecule has 3 aromatic rings. The van der Waals surface area contributed by atoms with Gasteiger partial charge in [-0.1, -0.05) is 71.6 Å². The number of nitrogens with zero attached hydrogens (tertiary/aromatic N) is 2. The van der Waals surface area contributed by atoms with Crippen molar-refractivity contribution in [3.8, 4) is 0 Å². The third kappa shape index (κ3) is 8.73. The molecule has 4 rings (SSSR count). The fraction of sp³-hybridized carbons (Fsp3) is 0.407. The number of thioether (sulfide) groups is 1. The molecule has 1 saturated heterocycles. The minimum absolute atomic E-state index is 0.00761. The fourth-order valence-corrected chi connectivity index (χ4v) is 5.78. The number of aryl methyl sites for hydroxylation is 1. The molecule has 2 aromatic carbocycles. The molecule has 10 nitrogen and oxygen atoms in total. The molecule has 1 aliphatic rings. The van der Waals surface area contributed by atoms with Crippen LogP contribution in [0.4, 0.5) is 4.79 Å². The Morgan fingerprint density at radius 2 is 1.77 bits per heavy atom. The molecule has 2 heterocycles. The molecule has 3 N–H and O–H groups in total. The summed E-state index contributed by atoms with van der Waals surface area (Å²) in [6.45, 7) is 4.01. The van der Waals surface area contributed by atoms with Gasteiger partial charge in [0.1, 0.15) is 11.6 Å². The van der Waals surface area contributed by atoms with E-state index >= 15 is 0 Å². The van der Waals surface area contributed by atoms with Crippen molar-refractivity contribution in [1.29, 1.82) is 0 Å². The molecule has 1 aromatic heterocycles. The topological polar surface area (TPSA) is 132 Å². The van der Waals surface area contributed by atoms with Gasteiger partial charge in [0.25, 0.3) is 0 Å². The Bertz CT molecular complexity index is 1220. The van der Waals surface area contributed by atoms with Crippen molar-refractivity contribution >= 4 is 35.1 Å². The maximum Gasteiger partial charge on any atom is 0.325 e. The number of ether oxygens (including phenoxy) is 3. The second-order valence-electron chi connectivity index (χ2n) is 8.83. The van der Waals surface area contributed by atoms with Crippen molar-refractivity contribution in [2.45, 2.75) is 56.3 Å². The summed E-state index contributed by atoms with van der Waals surface area (Å²) < 4.78 is 18.5. The van der Waals surface area contributed by atoms with Crippen LogP contribution >= 0.6 is 23.1 Å². The van der Waals surface area contributed by atoms with Crippen LogP contribution in [0.25, 0.3) is 0 Å². The highest BCUT2D eigenvalue weighted by atomic mass is 32.2. The van der Waals surface area contributed by atoms with E-state index in [1.54, 1.807) is 30.0 Å². The maximum absolute atomic E-state index is 12.0. The number of amides is 2. The van der Waals surface area contributed by atoms with Gasteiger partial charge in [-0.05, 0) is 30.5 Å². The quantitative estimate of drug-likeness (QED) is 0.230. The van der Waals surface area contributed by atoms with Crippen LogP contribution in [0.2, 0.25) is 0 Å². The summed E-state index contributed by atoms with van der Waals surface area (Å²) in [7, 11) is 0. The molecular weight excluding hydrogens is 540 g/mol. The Morgan fingerprint density at radius 3 is 2.44 bits per heavy atom. The first-order chi connectivity index (χ1) is 18.9. The number of esters is 1. The molecular formula is C27H32N4O6S2. The Balaban J connectivity index is 1.39. The van der Waals surface area contributed by atoms with E-state index in [1.165, 1.54) is 0 Å². The first-order valence-electron chi connectivity index (χ1n) is 12.6. The summed E-state index contributed by atoms with van der Waals surface area (Å²) in [5, 5.41) is 23.8. The predicted molar refractivity (Wildman–Crippen MR) is 147 cm³/mol. The van der Waals surface area contributed by atoms with Crippen LogP contribution in [0.5, 0.6) is 0 Å². The molecule has 1 aliphatic heterocycles. The van der Waals surface area contributed by atoms with Crippen molar-refractivity contribution in [3.63, 3.8) is 0 Å². The number of benzene rings is 2. The second kappa shape index (κ2) is 14.4. The van der Waals surface area contributed by atoms with Crippen LogP contribution in [-0.2, 0) is 32.2 Å². The highest BCUT2D eigenvalue weighted by Crippen LogP contribution is 2.39. The number of carbonyl (C=O) groups is 2. The van der Waals surface area contributed by atoms with Crippen molar-refractivity contribution in [3.05, 3.63) is 75.8 Å². The van der Waals surface area contributed by atoms with E-state index in [4.69, 9.17) is 14.2 Å². The molecule has 2 amide bonds. The van der Waals surface area contributed by atoms with Crippen LogP contribution < -0.4 is 10.6 Å². The van der Waals surface area contributed by atoms with Gasteiger partial charge >= 0.3 is 12.0 Å². The van der Waals surface area contributed by atoms with Crippen LogP contribution in [0.3, 0.4) is 0 Å². The number of aliphatic hydroxyl groups excluding tert-OH is 1. The van der Waals surface area contributed by atoms with Gasteiger partial charge in [0.2, 0.25) is 0 Å². The lowest BCUT2D eigenvalue weighted by molar-refractivity contribution is -0.245. The van der Waals surface area contributed by atoms with Gasteiger partial charge in [0.15, 0.2) is 10.6 Å². The molecule has 0 bridgehead atoms. The average Bonchev–Trinajstić information content (AvgIpc) is 3.39. The number of hydrogen-bond donors (Lipinski definition) is 3. The first-order valence-corrected chi connectivity index (χ1v) is 14.4. The van der Waals surface area contributed by atoms with E-state index in [0.717, 1.165) is 31.6 Å². The van der Waals surface area contributed by atoms with E-state index in [1.807, 2.05) is 55.5 Å². The van der Waals surface area contributed by atoms with Crippen molar-refractivity contribution in [1.82, 2.24) is 20.8 Å². The van der Waals surface area contributed by atoms with Gasteiger partial charge in [-0.25, -0.2) is 4.79 Å². The van der Waals surface area contributed by atoms with Crippen molar-refractivity contribution in [2.75, 3.05) is 18.9 Å². The van der Waals surface area contributed by atoms with E-state index < -0.39 is 18.3 Å². The summed E-state index contributed by atoms with van der Waals surface area (Å²) >= 11 is 3.19. The summed E-state index contributed by atoms with van der Waals surface area (Å²) in [6, 6.07) is 15.0. The third-order valence-corrected chi connectivity index (χ3v) is 8.02. The van der Waals surface area contributed by atoms with E-state index in [-0.39, 0.29) is 32.0 Å². The van der Waals surface area contributed by atoms with Crippen molar-refractivity contribution in [2.24, 2.45) is 0 Å². The zero-order valence-electron chi connectivity index (χ0n) is 21.8. The summed E-state index contributed by atoms with van der Waals surface area (Å²) in [4.78, 5) is 23.3. The van der Waals surface area contributed by atoms with E-state index in [2.05, 4.69) is 20.8 Å². The van der Waals surface area contributed by atoms with Gasteiger partial charge < -0.3 is 30.0 Å². The Kier molecular flexibility index (Phi) is 10.7. The zero-order chi connectivity index (χ0) is 27.6. The lowest BCUT2D eigenvalue weighted by atomic mass is 10.0. The smallest absolute Gasteiger partial charge is 0.325 e. The SMILES string of the molecule is CCOC(=O)CNC(=O)NCc1ccc([C@H]2O[C@@H](CSc3nnc(C)s3)C[C@@H](c3ccc(CO)cc3)O2)cc1. The van der Waals surface area contributed by atoms with Gasteiger partial charge in [0, 0.05) is 24.3 Å². The monoisotopic (exact) mass is 572 g/mol. The first kappa shape index (κ1) is 29.0. The molecule has 39 heavy (non-hydrogen) atoms. The van der Waals surface area contributed by atoms with Gasteiger partial charge in [-0.3, -0.25) is 4.79 Å². The number of urea groups is 1. The number of aromatic nitrogens is 2. The molecule has 0 saturated carbocycles. The van der Waals surface area contributed by atoms with Crippen LogP contribution in [0.15, 0.2) is 52.9 Å². The van der Waals surface area contributed by atoms with Gasteiger partial charge in [-0.15, -0.1) is 10.2 Å². The Labute approximate surface area is 235 Å². The van der Waals surface area contributed by atoms with E-state index in [0.29, 0.717) is 18.7 Å². The molecule has 208 valence electrons. The molecule has 0 aliphatic carbocycles. The lowest BCUT2D eigenvalue weighted by Crippen LogP contribution is -2.38. The normalized spacial score (nSPS) is 18.9. The molecule has 0 unspecified atom stereocenters. The molecule has 0 spiro atoms. The molecule has 3 atom stereocenters. The van der Waals surface area contributed by atoms with Crippen LogP contribution in [0, 0.1) is 6.92 Å². The number of carbonyl (C=O) groups excluding carboxylic acids is 2. The second-order valence-corrected chi connectivity index (χ2v) is 11.3. The van der Waals surface area contributed by atoms with Crippen LogP contribution in [-0.4, -0.2) is 52.3 Å². The highest BCUT2D eigenvalue weighted by molar-refractivity contribution is 8.01. The third-order valence-electron chi connectivity index (χ3n) is 5.92. The predicted octanol–water partition coefficient (Wildman–Crippen LogP) is 4.04. The number of hydrogen-bond acceptors (Lipinski definition) is 10. The summed E-state index contributed by atoms with van der Waals surface area (Å²) in [6.07, 6.45) is -0.145. The van der Waals surface area contributed by atoms with E-state index in [9.17, 15) is 14.7 Å². The Hall–Kier alpha value is -3.03. The van der Waals surface area contributed by atoms with Crippen LogP contribution in [0.1, 0.15) is 53.0 Å². The minimum atomic E-state index is -0.571. The number of nitrogens with one attached hydrogen (secondary N) is 2. The summed E-state index contributed by atoms with van der Waals surface area (Å²) in [5.74, 6) is 0.227. The number of aliphatic hydroxyl groups is 1. The molecule has 1 fully saturated rings. The highest BCUT2D eigenvalue weighted by Gasteiger charge is 2.32. The lowest BCUT2D eigenvalue weighted by Gasteiger charge is -2.36. The molecule has 0 radical (unpaired) electrons. The minimum Gasteiger partial charge on any atom is -0.465 e. The summed E-state index contributed by atoms with van der Waals surface area (Å²) in [5.41, 5.74) is 3.62. The zero-order valence-corrected chi connectivity index (χ0v) is 23.4. The average molecular weight is 573 g/mol. The number of rotatable bonds is 11.